The van der Waals surface area contributed by atoms with E-state index in [0.717, 1.165) is 42.4 Å². The maximum atomic E-state index is 10.5. The van der Waals surface area contributed by atoms with Gasteiger partial charge in [-0.15, -0.1) is 0 Å². The molecule has 0 heterocycles. The van der Waals surface area contributed by atoms with E-state index in [1.165, 1.54) is 68.9 Å². The van der Waals surface area contributed by atoms with Crippen molar-refractivity contribution in [1.82, 2.24) is 0 Å². The zero-order chi connectivity index (χ0) is 22.2. The summed E-state index contributed by atoms with van der Waals surface area (Å²) in [6, 6.07) is 0. The average Bonchev–Trinajstić information content (AvgIpc) is 3.49. The van der Waals surface area contributed by atoms with E-state index in [2.05, 4.69) is 52.5 Å². The molecule has 4 aliphatic carbocycles. The van der Waals surface area contributed by atoms with Gasteiger partial charge in [-0.05, 0) is 122 Å². The van der Waals surface area contributed by atoms with Gasteiger partial charge in [0.1, 0.15) is 0 Å². The first kappa shape index (κ1) is 23.3. The van der Waals surface area contributed by atoms with Crippen LogP contribution in [-0.2, 0) is 0 Å². The molecule has 31 heavy (non-hydrogen) atoms. The second kappa shape index (κ2) is 9.58. The number of allylic oxidation sites excluding steroid dienone is 4. The van der Waals surface area contributed by atoms with Crippen LogP contribution in [0.5, 0.6) is 0 Å². The molecule has 0 amide bonds. The summed E-state index contributed by atoms with van der Waals surface area (Å²) in [5.74, 6) is 5.39. The van der Waals surface area contributed by atoms with Crippen LogP contribution in [0.25, 0.3) is 0 Å². The molecule has 0 aromatic heterocycles. The molecule has 4 fully saturated rings. The van der Waals surface area contributed by atoms with Gasteiger partial charge in [-0.2, -0.15) is 0 Å². The van der Waals surface area contributed by atoms with Crippen molar-refractivity contribution in [3.63, 3.8) is 0 Å². The Morgan fingerprint density at radius 1 is 1.13 bits per heavy atom. The van der Waals surface area contributed by atoms with Gasteiger partial charge in [0.15, 0.2) is 0 Å². The number of hydrogen-bond donors (Lipinski definition) is 1. The smallest absolute Gasteiger partial charge is 0.0586 e. The number of aliphatic hydroxyl groups is 1. The second-order valence-electron chi connectivity index (χ2n) is 12.4. The van der Waals surface area contributed by atoms with Gasteiger partial charge in [0.05, 0.1) is 6.10 Å². The summed E-state index contributed by atoms with van der Waals surface area (Å²) in [6.45, 7) is 14.2. The Balaban J connectivity index is 1.42. The van der Waals surface area contributed by atoms with Crippen LogP contribution < -0.4 is 0 Å². The number of rotatable bonds is 7. The fourth-order valence-electron chi connectivity index (χ4n) is 7.86. The fourth-order valence-corrected chi connectivity index (χ4v) is 7.86. The van der Waals surface area contributed by atoms with Crippen molar-refractivity contribution in [1.29, 1.82) is 0 Å². The molecule has 0 spiro atoms. The topological polar surface area (TPSA) is 20.2 Å². The molecule has 174 valence electrons. The average molecular weight is 425 g/mol. The van der Waals surface area contributed by atoms with Gasteiger partial charge in [0.2, 0.25) is 0 Å². The summed E-state index contributed by atoms with van der Waals surface area (Å²) >= 11 is 0. The van der Waals surface area contributed by atoms with Crippen molar-refractivity contribution in [3.05, 3.63) is 36.0 Å². The molecule has 1 nitrogen and oxygen atoms in total. The van der Waals surface area contributed by atoms with Crippen LogP contribution in [-0.4, -0.2) is 11.2 Å². The van der Waals surface area contributed by atoms with Gasteiger partial charge in [-0.25, -0.2) is 0 Å². The minimum Gasteiger partial charge on any atom is -0.393 e. The maximum Gasteiger partial charge on any atom is 0.0586 e. The van der Waals surface area contributed by atoms with Crippen molar-refractivity contribution < 1.29 is 5.11 Å². The monoisotopic (exact) mass is 424 g/mol. The molecule has 0 aromatic rings. The van der Waals surface area contributed by atoms with Crippen molar-refractivity contribution in [2.75, 3.05) is 0 Å². The maximum absolute atomic E-state index is 10.5. The molecular weight excluding hydrogens is 376 g/mol. The Kier molecular flexibility index (Phi) is 7.21. The van der Waals surface area contributed by atoms with Gasteiger partial charge in [-0.3, -0.25) is 0 Å². The molecule has 0 aromatic carbocycles. The molecule has 6 unspecified atom stereocenters. The Hall–Kier alpha value is -0.820. The van der Waals surface area contributed by atoms with Crippen LogP contribution in [0.4, 0.5) is 0 Å². The van der Waals surface area contributed by atoms with E-state index in [9.17, 15) is 5.11 Å². The molecular formula is C30H48O. The van der Waals surface area contributed by atoms with E-state index in [-0.39, 0.29) is 6.10 Å². The van der Waals surface area contributed by atoms with Gasteiger partial charge < -0.3 is 5.11 Å². The Labute approximate surface area is 192 Å². The summed E-state index contributed by atoms with van der Waals surface area (Å²) in [5, 5.41) is 10.5. The standard InChI is InChI=1S/C30H48O/c1-20(2)8-6-9-21(3)28-15-16-29-24(10-7-17-30(28,29)5)13-14-25-18-26(31)19-27(22(25)4)23-11-12-23/h6,9,14,20-21,23-24,26-29,31H,4,7-8,10-13,15-19H2,1-3,5H3/b9-6+,25-14-/t21?,24?,26-,27?,28?,29?,30?/m0/s1. The van der Waals surface area contributed by atoms with E-state index in [4.69, 9.17) is 0 Å². The molecule has 0 aliphatic heterocycles. The lowest BCUT2D eigenvalue weighted by molar-refractivity contribution is 0.0393. The van der Waals surface area contributed by atoms with Crippen molar-refractivity contribution in [3.8, 4) is 0 Å². The third-order valence-corrected chi connectivity index (χ3v) is 9.72. The normalized spacial score (nSPS) is 41.3. The van der Waals surface area contributed by atoms with E-state index in [1.54, 1.807) is 0 Å². The third kappa shape index (κ3) is 5.07. The second-order valence-corrected chi connectivity index (χ2v) is 12.4. The highest BCUT2D eigenvalue weighted by Gasteiger charge is 2.51. The van der Waals surface area contributed by atoms with Crippen LogP contribution >= 0.6 is 0 Å². The predicted octanol–water partition coefficient (Wildman–Crippen LogP) is 8.11. The summed E-state index contributed by atoms with van der Waals surface area (Å²) in [4.78, 5) is 0. The first-order chi connectivity index (χ1) is 14.8. The molecule has 0 saturated heterocycles. The first-order valence-electron chi connectivity index (χ1n) is 13.5. The molecule has 4 aliphatic rings. The van der Waals surface area contributed by atoms with Gasteiger partial charge in [0, 0.05) is 0 Å². The highest BCUT2D eigenvalue weighted by atomic mass is 16.3. The van der Waals surface area contributed by atoms with Crippen molar-refractivity contribution in [2.24, 2.45) is 46.8 Å². The Morgan fingerprint density at radius 2 is 1.90 bits per heavy atom. The van der Waals surface area contributed by atoms with Crippen LogP contribution in [0.2, 0.25) is 0 Å². The molecule has 0 bridgehead atoms. The van der Waals surface area contributed by atoms with Crippen LogP contribution in [0.15, 0.2) is 36.0 Å². The molecule has 1 N–H and O–H groups in total. The third-order valence-electron chi connectivity index (χ3n) is 9.72. The van der Waals surface area contributed by atoms with Gasteiger partial charge >= 0.3 is 0 Å². The summed E-state index contributed by atoms with van der Waals surface area (Å²) in [5.41, 5.74) is 3.30. The van der Waals surface area contributed by atoms with Gasteiger partial charge in [-0.1, -0.05) is 58.9 Å². The highest BCUT2D eigenvalue weighted by Crippen LogP contribution is 2.60. The van der Waals surface area contributed by atoms with Crippen molar-refractivity contribution in [2.45, 2.75) is 104 Å². The zero-order valence-corrected chi connectivity index (χ0v) is 20.8. The molecule has 4 saturated carbocycles. The van der Waals surface area contributed by atoms with E-state index in [1.807, 2.05) is 0 Å². The SMILES string of the molecule is C=C1/C(=C\CC2CCCC3(C)C(C(C)/C=C/CC(C)C)CCC23)C[C@H](O)CC1C1CC1. The molecule has 7 atom stereocenters. The van der Waals surface area contributed by atoms with Crippen LogP contribution in [0.1, 0.15) is 98.3 Å². The number of aliphatic hydroxyl groups excluding tert-OH is 1. The van der Waals surface area contributed by atoms with Gasteiger partial charge in [0.25, 0.3) is 0 Å². The summed E-state index contributed by atoms with van der Waals surface area (Å²) < 4.78 is 0. The van der Waals surface area contributed by atoms with Crippen LogP contribution in [0, 0.1) is 46.8 Å². The van der Waals surface area contributed by atoms with E-state index >= 15 is 0 Å². The van der Waals surface area contributed by atoms with Crippen LogP contribution in [0.3, 0.4) is 0 Å². The largest absolute Gasteiger partial charge is 0.393 e. The fraction of sp³-hybridized carbons (Fsp3) is 0.800. The summed E-state index contributed by atoms with van der Waals surface area (Å²) in [6.07, 6.45) is 21.3. The highest BCUT2D eigenvalue weighted by molar-refractivity contribution is 5.35. The minimum absolute atomic E-state index is 0.145. The minimum atomic E-state index is -0.145. The lowest BCUT2D eigenvalue weighted by Crippen LogP contribution is -2.38. The quantitative estimate of drug-likeness (QED) is 0.409. The van der Waals surface area contributed by atoms with E-state index in [0.29, 0.717) is 17.3 Å². The number of fused-ring (bicyclic) bond motifs is 1. The van der Waals surface area contributed by atoms with Crippen molar-refractivity contribution >= 4 is 0 Å². The Bertz CT molecular complexity index is 695. The summed E-state index contributed by atoms with van der Waals surface area (Å²) in [7, 11) is 0. The molecule has 0 radical (unpaired) electrons. The lowest BCUT2D eigenvalue weighted by atomic mass is 9.58. The number of hydrogen-bond acceptors (Lipinski definition) is 1. The first-order valence-corrected chi connectivity index (χ1v) is 13.5. The molecule has 4 rings (SSSR count). The predicted molar refractivity (Wildman–Crippen MR) is 133 cm³/mol. The Morgan fingerprint density at radius 3 is 2.61 bits per heavy atom. The van der Waals surface area contributed by atoms with E-state index < -0.39 is 0 Å². The zero-order valence-electron chi connectivity index (χ0n) is 20.8. The molecule has 1 heteroatoms. The lowest BCUT2D eigenvalue weighted by Gasteiger charge is -2.46.